The lowest BCUT2D eigenvalue weighted by Gasteiger charge is -2.21. The zero-order chi connectivity index (χ0) is 12.3. The maximum absolute atomic E-state index is 13.3. The lowest BCUT2D eigenvalue weighted by Crippen LogP contribution is -2.38. The summed E-state index contributed by atoms with van der Waals surface area (Å²) in [6.07, 6.45) is 1.45. The maximum atomic E-state index is 13.3. The number of hydrogen-bond acceptors (Lipinski definition) is 2. The maximum Gasteiger partial charge on any atom is 0.263 e. The average Bonchev–Trinajstić information content (AvgIpc) is 2.84. The molecule has 0 spiro atoms. The monoisotopic (exact) mass is 237 g/mol. The number of likely N-dealkylation sites (tertiary alicyclic amines) is 1. The van der Waals surface area contributed by atoms with Crippen molar-refractivity contribution >= 4 is 5.91 Å². The molecular formula is C13H16FNO2. The van der Waals surface area contributed by atoms with Gasteiger partial charge in [0.1, 0.15) is 0 Å². The Labute approximate surface area is 100 Å². The molecule has 0 aliphatic carbocycles. The van der Waals surface area contributed by atoms with E-state index in [1.165, 1.54) is 12.1 Å². The number of carbonyl (C=O) groups is 1. The summed E-state index contributed by atoms with van der Waals surface area (Å²) in [6.45, 7) is 3.22. The molecule has 3 nitrogen and oxygen atoms in total. The van der Waals surface area contributed by atoms with Crippen LogP contribution in [0.3, 0.4) is 0 Å². The predicted octanol–water partition coefficient (Wildman–Crippen LogP) is 2.22. The highest BCUT2D eigenvalue weighted by Crippen LogP contribution is 2.18. The van der Waals surface area contributed by atoms with Crippen molar-refractivity contribution in [2.75, 3.05) is 13.1 Å². The second-order valence-corrected chi connectivity index (χ2v) is 4.22. The topological polar surface area (TPSA) is 29.5 Å². The van der Waals surface area contributed by atoms with Gasteiger partial charge in [0.15, 0.2) is 17.7 Å². The number of benzene rings is 1. The van der Waals surface area contributed by atoms with Crippen molar-refractivity contribution in [3.63, 3.8) is 0 Å². The molecule has 1 aliphatic rings. The van der Waals surface area contributed by atoms with Crippen LogP contribution in [-0.2, 0) is 4.79 Å². The van der Waals surface area contributed by atoms with Gasteiger partial charge in [-0.25, -0.2) is 4.39 Å². The summed E-state index contributed by atoms with van der Waals surface area (Å²) >= 11 is 0. The first-order chi connectivity index (χ1) is 8.18. The lowest BCUT2D eigenvalue weighted by atomic mass is 10.3. The summed E-state index contributed by atoms with van der Waals surface area (Å²) < 4.78 is 18.7. The third-order valence-electron chi connectivity index (χ3n) is 2.91. The first-order valence-electron chi connectivity index (χ1n) is 5.88. The van der Waals surface area contributed by atoms with Crippen LogP contribution < -0.4 is 4.74 Å². The number of hydrogen-bond donors (Lipinski definition) is 0. The zero-order valence-electron chi connectivity index (χ0n) is 9.86. The summed E-state index contributed by atoms with van der Waals surface area (Å²) in [4.78, 5) is 13.7. The first-order valence-corrected chi connectivity index (χ1v) is 5.88. The first kappa shape index (κ1) is 11.9. The number of ether oxygens (including phenoxy) is 1. The van der Waals surface area contributed by atoms with Gasteiger partial charge < -0.3 is 9.64 Å². The van der Waals surface area contributed by atoms with E-state index >= 15 is 0 Å². The van der Waals surface area contributed by atoms with E-state index in [0.29, 0.717) is 0 Å². The van der Waals surface area contributed by atoms with E-state index in [-0.39, 0.29) is 11.7 Å². The Morgan fingerprint density at radius 2 is 2.00 bits per heavy atom. The van der Waals surface area contributed by atoms with Crippen LogP contribution in [0.1, 0.15) is 19.8 Å². The normalized spacial score (nSPS) is 16.9. The van der Waals surface area contributed by atoms with Crippen LogP contribution >= 0.6 is 0 Å². The zero-order valence-corrected chi connectivity index (χ0v) is 9.86. The second-order valence-electron chi connectivity index (χ2n) is 4.22. The Bertz CT molecular complexity index is 402. The third-order valence-corrected chi connectivity index (χ3v) is 2.91. The number of carbonyl (C=O) groups excluding carboxylic acids is 1. The molecule has 17 heavy (non-hydrogen) atoms. The number of para-hydroxylation sites is 1. The van der Waals surface area contributed by atoms with Gasteiger partial charge in [0.2, 0.25) is 0 Å². The van der Waals surface area contributed by atoms with Gasteiger partial charge in [0, 0.05) is 13.1 Å². The van der Waals surface area contributed by atoms with Crippen molar-refractivity contribution in [1.82, 2.24) is 4.90 Å². The number of nitrogens with zero attached hydrogens (tertiary/aromatic N) is 1. The van der Waals surface area contributed by atoms with E-state index in [4.69, 9.17) is 4.74 Å². The quantitative estimate of drug-likeness (QED) is 0.806. The minimum Gasteiger partial charge on any atom is -0.478 e. The molecule has 92 valence electrons. The SMILES string of the molecule is C[C@@H](Oc1ccccc1F)C(=O)N1CCCC1. The fourth-order valence-corrected chi connectivity index (χ4v) is 1.98. The average molecular weight is 237 g/mol. The van der Waals surface area contributed by atoms with E-state index in [1.807, 2.05) is 0 Å². The number of rotatable bonds is 3. The molecule has 0 radical (unpaired) electrons. The van der Waals surface area contributed by atoms with Crippen molar-refractivity contribution < 1.29 is 13.9 Å². The van der Waals surface area contributed by atoms with Crippen molar-refractivity contribution in [2.45, 2.75) is 25.9 Å². The molecule has 0 N–H and O–H groups in total. The Morgan fingerprint density at radius 3 is 2.65 bits per heavy atom. The van der Waals surface area contributed by atoms with Crippen molar-refractivity contribution in [3.8, 4) is 5.75 Å². The van der Waals surface area contributed by atoms with Gasteiger partial charge in [-0.1, -0.05) is 12.1 Å². The van der Waals surface area contributed by atoms with E-state index in [1.54, 1.807) is 24.0 Å². The van der Waals surface area contributed by atoms with Crippen LogP contribution in [0, 0.1) is 5.82 Å². The van der Waals surface area contributed by atoms with Crippen LogP contribution in [0.5, 0.6) is 5.75 Å². The highest BCUT2D eigenvalue weighted by Gasteiger charge is 2.24. The van der Waals surface area contributed by atoms with Crippen LogP contribution in [-0.4, -0.2) is 30.0 Å². The van der Waals surface area contributed by atoms with Crippen LogP contribution in [0.4, 0.5) is 4.39 Å². The predicted molar refractivity (Wildman–Crippen MR) is 62.3 cm³/mol. The summed E-state index contributed by atoms with van der Waals surface area (Å²) in [7, 11) is 0. The van der Waals surface area contributed by atoms with E-state index < -0.39 is 11.9 Å². The highest BCUT2D eigenvalue weighted by atomic mass is 19.1. The molecule has 1 amide bonds. The van der Waals surface area contributed by atoms with Gasteiger partial charge in [-0.05, 0) is 31.9 Å². The smallest absolute Gasteiger partial charge is 0.263 e. The van der Waals surface area contributed by atoms with Crippen LogP contribution in [0.15, 0.2) is 24.3 Å². The van der Waals surface area contributed by atoms with E-state index in [9.17, 15) is 9.18 Å². The molecular weight excluding hydrogens is 221 g/mol. The van der Waals surface area contributed by atoms with Gasteiger partial charge in [-0.15, -0.1) is 0 Å². The molecule has 0 aromatic heterocycles. The third kappa shape index (κ3) is 2.75. The molecule has 0 bridgehead atoms. The Kier molecular flexibility index (Phi) is 3.61. The summed E-state index contributed by atoms with van der Waals surface area (Å²) in [5.74, 6) is -0.369. The van der Waals surface area contributed by atoms with Gasteiger partial charge in [-0.2, -0.15) is 0 Å². The summed E-state index contributed by atoms with van der Waals surface area (Å²) in [6, 6.07) is 6.13. The molecule has 1 saturated heterocycles. The van der Waals surface area contributed by atoms with E-state index in [0.717, 1.165) is 25.9 Å². The number of amides is 1. The minimum atomic E-state index is -0.634. The molecule has 0 unspecified atom stereocenters. The molecule has 4 heteroatoms. The van der Waals surface area contributed by atoms with Crippen molar-refractivity contribution in [1.29, 1.82) is 0 Å². The lowest BCUT2D eigenvalue weighted by molar-refractivity contribution is -0.136. The molecule has 1 heterocycles. The molecule has 1 aromatic carbocycles. The van der Waals surface area contributed by atoms with Crippen LogP contribution in [0.2, 0.25) is 0 Å². The molecule has 1 aliphatic heterocycles. The van der Waals surface area contributed by atoms with Crippen molar-refractivity contribution in [2.24, 2.45) is 0 Å². The fraction of sp³-hybridized carbons (Fsp3) is 0.462. The molecule has 1 aromatic rings. The molecule has 1 atom stereocenters. The summed E-state index contributed by atoms with van der Waals surface area (Å²) in [5, 5.41) is 0. The van der Waals surface area contributed by atoms with Gasteiger partial charge in [0.05, 0.1) is 0 Å². The summed E-state index contributed by atoms with van der Waals surface area (Å²) in [5.41, 5.74) is 0. The molecule has 1 fully saturated rings. The van der Waals surface area contributed by atoms with E-state index in [2.05, 4.69) is 0 Å². The van der Waals surface area contributed by atoms with Crippen LogP contribution in [0.25, 0.3) is 0 Å². The molecule has 2 rings (SSSR count). The minimum absolute atomic E-state index is 0.0641. The van der Waals surface area contributed by atoms with Gasteiger partial charge in [-0.3, -0.25) is 4.79 Å². The Morgan fingerprint density at radius 1 is 1.35 bits per heavy atom. The van der Waals surface area contributed by atoms with Gasteiger partial charge in [0.25, 0.3) is 5.91 Å². The van der Waals surface area contributed by atoms with Crippen molar-refractivity contribution in [3.05, 3.63) is 30.1 Å². The fourth-order valence-electron chi connectivity index (χ4n) is 1.98. The molecule has 0 saturated carbocycles. The standard InChI is InChI=1S/C13H16FNO2/c1-10(13(16)15-8-4-5-9-15)17-12-7-3-2-6-11(12)14/h2-3,6-7,10H,4-5,8-9H2,1H3/t10-/m1/s1. The Hall–Kier alpha value is -1.58. The second kappa shape index (κ2) is 5.17. The van der Waals surface area contributed by atoms with Gasteiger partial charge >= 0.3 is 0 Å². The largest absolute Gasteiger partial charge is 0.478 e. The highest BCUT2D eigenvalue weighted by molar-refractivity contribution is 5.81. The Balaban J connectivity index is 1.99. The number of halogens is 1.